The summed E-state index contributed by atoms with van der Waals surface area (Å²) in [6.07, 6.45) is 1.71. The van der Waals surface area contributed by atoms with Crippen molar-refractivity contribution >= 4 is 49.9 Å². The number of fused-ring (bicyclic) bond motifs is 1. The second-order valence-corrected chi connectivity index (χ2v) is 7.84. The highest BCUT2D eigenvalue weighted by molar-refractivity contribution is 9.10. The monoisotopic (exact) mass is 426 g/mol. The molecule has 4 rings (SSSR count). The minimum Gasteiger partial charge on any atom is -0.322 e. The van der Waals surface area contributed by atoms with Gasteiger partial charge in [-0.05, 0) is 48.7 Å². The fraction of sp³-hybridized carbons (Fsp3) is 0.105. The number of nitrogens with zero attached hydrogens (tertiary/aromatic N) is 3. The lowest BCUT2D eigenvalue weighted by molar-refractivity contribution is 0.102. The van der Waals surface area contributed by atoms with E-state index in [4.69, 9.17) is 0 Å². The van der Waals surface area contributed by atoms with Gasteiger partial charge in [0.25, 0.3) is 5.91 Å². The zero-order chi connectivity index (χ0) is 18.1. The normalized spacial score (nSPS) is 11.0. The Morgan fingerprint density at radius 1 is 1.27 bits per heavy atom. The van der Waals surface area contributed by atoms with E-state index in [1.165, 1.54) is 4.88 Å². The Kier molecular flexibility index (Phi) is 4.57. The number of carbonyl (C=O) groups is 1. The van der Waals surface area contributed by atoms with Crippen molar-refractivity contribution in [3.05, 3.63) is 74.6 Å². The first kappa shape index (κ1) is 16.9. The van der Waals surface area contributed by atoms with Crippen LogP contribution in [0.2, 0.25) is 0 Å². The fourth-order valence-corrected chi connectivity index (χ4v) is 3.71. The molecule has 4 aromatic rings. The summed E-state index contributed by atoms with van der Waals surface area (Å²) in [5.41, 5.74) is 2.82. The van der Waals surface area contributed by atoms with E-state index in [2.05, 4.69) is 37.4 Å². The Balaban J connectivity index is 1.69. The first-order chi connectivity index (χ1) is 12.6. The number of nitrogens with one attached hydrogen (secondary N) is 1. The predicted octanol–water partition coefficient (Wildman–Crippen LogP) is 4.86. The maximum absolute atomic E-state index is 12.8. The van der Waals surface area contributed by atoms with Crippen LogP contribution in [0, 0.1) is 6.92 Å². The number of halogens is 1. The molecule has 0 fully saturated rings. The lowest BCUT2D eigenvalue weighted by atomic mass is 10.1. The van der Waals surface area contributed by atoms with Crippen LogP contribution in [0.4, 0.5) is 5.69 Å². The topological polar surface area (TPSA) is 59.8 Å². The molecule has 26 heavy (non-hydrogen) atoms. The molecule has 1 N–H and O–H groups in total. The van der Waals surface area contributed by atoms with Gasteiger partial charge in [0, 0.05) is 20.7 Å². The van der Waals surface area contributed by atoms with Crippen LogP contribution in [0.5, 0.6) is 0 Å². The predicted molar refractivity (Wildman–Crippen MR) is 108 cm³/mol. The van der Waals surface area contributed by atoms with Crippen LogP contribution in [0.3, 0.4) is 0 Å². The highest BCUT2D eigenvalue weighted by Crippen LogP contribution is 2.22. The number of thiophene rings is 1. The summed E-state index contributed by atoms with van der Waals surface area (Å²) in [6.45, 7) is 2.53. The fourth-order valence-electron chi connectivity index (χ4n) is 2.76. The molecule has 7 heteroatoms. The van der Waals surface area contributed by atoms with E-state index in [0.29, 0.717) is 12.1 Å². The van der Waals surface area contributed by atoms with Crippen LogP contribution in [-0.4, -0.2) is 20.7 Å². The second-order valence-electron chi connectivity index (χ2n) is 5.89. The van der Waals surface area contributed by atoms with Gasteiger partial charge in [-0.2, -0.15) is 5.10 Å². The molecule has 5 nitrogen and oxygen atoms in total. The van der Waals surface area contributed by atoms with E-state index < -0.39 is 0 Å². The van der Waals surface area contributed by atoms with E-state index in [-0.39, 0.29) is 5.91 Å². The quantitative estimate of drug-likeness (QED) is 0.506. The molecule has 0 atom stereocenters. The number of benzene rings is 1. The van der Waals surface area contributed by atoms with Crippen LogP contribution in [0.1, 0.15) is 20.9 Å². The molecule has 0 saturated carbocycles. The standard InChI is InChI=1S/C19H15BrN4OS/c1-12-9-16(19(25)23-14-6-4-13(20)5-7-14)17-10-21-24(18(17)22-12)11-15-3-2-8-26-15/h2-10H,11H2,1H3,(H,23,25). The Bertz CT molecular complexity index is 1070. The molecule has 0 bridgehead atoms. The number of hydrogen-bond donors (Lipinski definition) is 1. The van der Waals surface area contributed by atoms with Crippen LogP contribution in [-0.2, 0) is 6.54 Å². The SMILES string of the molecule is Cc1cc(C(=O)Nc2ccc(Br)cc2)c2cnn(Cc3cccs3)c2n1. The summed E-state index contributed by atoms with van der Waals surface area (Å²) in [7, 11) is 0. The lowest BCUT2D eigenvalue weighted by Gasteiger charge is -2.08. The molecular weight excluding hydrogens is 412 g/mol. The first-order valence-electron chi connectivity index (χ1n) is 8.02. The van der Waals surface area contributed by atoms with Gasteiger partial charge in [0.2, 0.25) is 0 Å². The van der Waals surface area contributed by atoms with Crippen LogP contribution in [0.25, 0.3) is 11.0 Å². The smallest absolute Gasteiger partial charge is 0.256 e. The minimum atomic E-state index is -0.168. The van der Waals surface area contributed by atoms with Gasteiger partial charge in [0.05, 0.1) is 23.7 Å². The number of carbonyl (C=O) groups excluding carboxylic acids is 1. The average molecular weight is 427 g/mol. The van der Waals surface area contributed by atoms with Crippen molar-refractivity contribution in [1.82, 2.24) is 14.8 Å². The van der Waals surface area contributed by atoms with Gasteiger partial charge in [0.15, 0.2) is 5.65 Å². The van der Waals surface area contributed by atoms with Crippen LogP contribution >= 0.6 is 27.3 Å². The Hall–Kier alpha value is -2.51. The molecule has 1 amide bonds. The van der Waals surface area contributed by atoms with Gasteiger partial charge in [0.1, 0.15) is 0 Å². The number of anilines is 1. The molecular formula is C19H15BrN4OS. The van der Waals surface area contributed by atoms with Gasteiger partial charge in [-0.25, -0.2) is 9.67 Å². The van der Waals surface area contributed by atoms with E-state index in [9.17, 15) is 4.79 Å². The van der Waals surface area contributed by atoms with Gasteiger partial charge >= 0.3 is 0 Å². The molecule has 0 spiro atoms. The Labute approximate surface area is 162 Å². The highest BCUT2D eigenvalue weighted by Gasteiger charge is 2.16. The highest BCUT2D eigenvalue weighted by atomic mass is 79.9. The zero-order valence-corrected chi connectivity index (χ0v) is 16.3. The Morgan fingerprint density at radius 2 is 2.08 bits per heavy atom. The molecule has 0 aliphatic rings. The molecule has 0 aliphatic carbocycles. The minimum absolute atomic E-state index is 0.168. The summed E-state index contributed by atoms with van der Waals surface area (Å²) in [4.78, 5) is 18.6. The lowest BCUT2D eigenvalue weighted by Crippen LogP contribution is -2.13. The van der Waals surface area contributed by atoms with Crippen molar-refractivity contribution in [2.75, 3.05) is 5.32 Å². The summed E-state index contributed by atoms with van der Waals surface area (Å²) >= 11 is 5.07. The molecule has 3 heterocycles. The van der Waals surface area contributed by atoms with Crippen molar-refractivity contribution in [2.24, 2.45) is 0 Å². The van der Waals surface area contributed by atoms with Gasteiger partial charge in [-0.15, -0.1) is 11.3 Å². The van der Waals surface area contributed by atoms with E-state index in [1.807, 2.05) is 47.3 Å². The number of rotatable bonds is 4. The third-order valence-corrected chi connectivity index (χ3v) is 5.36. The molecule has 130 valence electrons. The number of hydrogen-bond acceptors (Lipinski definition) is 4. The summed E-state index contributed by atoms with van der Waals surface area (Å²) in [5.74, 6) is -0.168. The largest absolute Gasteiger partial charge is 0.322 e. The maximum Gasteiger partial charge on any atom is 0.256 e. The molecule has 0 saturated heterocycles. The average Bonchev–Trinajstić information content (AvgIpc) is 3.27. The third kappa shape index (κ3) is 3.40. The first-order valence-corrected chi connectivity index (χ1v) is 9.70. The molecule has 1 aromatic carbocycles. The summed E-state index contributed by atoms with van der Waals surface area (Å²) < 4.78 is 2.80. The van der Waals surface area contributed by atoms with Crippen molar-refractivity contribution < 1.29 is 4.79 Å². The van der Waals surface area contributed by atoms with Crippen LogP contribution < -0.4 is 5.32 Å². The molecule has 3 aromatic heterocycles. The van der Waals surface area contributed by atoms with Crippen LogP contribution in [0.15, 0.2) is 58.5 Å². The van der Waals surface area contributed by atoms with E-state index in [1.54, 1.807) is 23.6 Å². The molecule has 0 radical (unpaired) electrons. The number of aryl methyl sites for hydroxylation is 1. The van der Waals surface area contributed by atoms with Crippen molar-refractivity contribution in [2.45, 2.75) is 13.5 Å². The number of pyridine rings is 1. The second kappa shape index (κ2) is 7.01. The van der Waals surface area contributed by atoms with Gasteiger partial charge in [-0.3, -0.25) is 4.79 Å². The van der Waals surface area contributed by atoms with Crippen molar-refractivity contribution in [3.8, 4) is 0 Å². The summed E-state index contributed by atoms with van der Waals surface area (Å²) in [5, 5.41) is 10.2. The van der Waals surface area contributed by atoms with Gasteiger partial charge in [-0.1, -0.05) is 22.0 Å². The van der Waals surface area contributed by atoms with E-state index >= 15 is 0 Å². The third-order valence-electron chi connectivity index (χ3n) is 3.97. The number of aromatic nitrogens is 3. The van der Waals surface area contributed by atoms with Gasteiger partial charge < -0.3 is 5.32 Å². The molecule has 0 unspecified atom stereocenters. The Morgan fingerprint density at radius 3 is 2.81 bits per heavy atom. The maximum atomic E-state index is 12.8. The number of amides is 1. The molecule has 0 aliphatic heterocycles. The summed E-state index contributed by atoms with van der Waals surface area (Å²) in [6, 6.07) is 13.4. The van der Waals surface area contributed by atoms with Crippen molar-refractivity contribution in [3.63, 3.8) is 0 Å². The van der Waals surface area contributed by atoms with Crippen molar-refractivity contribution in [1.29, 1.82) is 0 Å². The zero-order valence-electron chi connectivity index (χ0n) is 13.9. The van der Waals surface area contributed by atoms with E-state index in [0.717, 1.165) is 26.9 Å².